The van der Waals surface area contributed by atoms with Crippen molar-refractivity contribution in [1.29, 1.82) is 0 Å². The second-order valence-electron chi connectivity index (χ2n) is 5.98. The predicted octanol–water partition coefficient (Wildman–Crippen LogP) is 3.02. The van der Waals surface area contributed by atoms with Crippen LogP contribution in [0.3, 0.4) is 0 Å². The lowest BCUT2D eigenvalue weighted by molar-refractivity contribution is 0.598. The summed E-state index contributed by atoms with van der Waals surface area (Å²) in [5.41, 5.74) is 4.29. The van der Waals surface area contributed by atoms with Gasteiger partial charge < -0.3 is 0 Å². The Bertz CT molecular complexity index is 1200. The van der Waals surface area contributed by atoms with Gasteiger partial charge in [-0.1, -0.05) is 42.5 Å². The van der Waals surface area contributed by atoms with E-state index >= 15 is 0 Å². The molecule has 2 heterocycles. The molecule has 0 spiro atoms. The van der Waals surface area contributed by atoms with Gasteiger partial charge in [0.2, 0.25) is 15.8 Å². The van der Waals surface area contributed by atoms with Crippen LogP contribution in [0.1, 0.15) is 5.69 Å². The van der Waals surface area contributed by atoms with Crippen LogP contribution in [0.15, 0.2) is 71.8 Å². The van der Waals surface area contributed by atoms with Crippen LogP contribution in [0.5, 0.6) is 0 Å². The standard InChI is InChI=1S/C19H16N4O2S/c1-13-11-12-23-18(15-5-3-2-4-6-15)17(22-19(23)21-13)14-7-9-16(10-8-14)26(20,24)25/h2-12H,1H3,(H2,20,24,25). The van der Waals surface area contributed by atoms with Gasteiger partial charge in [-0.3, -0.25) is 4.40 Å². The third-order valence-electron chi connectivity index (χ3n) is 4.14. The average molecular weight is 364 g/mol. The fourth-order valence-corrected chi connectivity index (χ4v) is 3.41. The summed E-state index contributed by atoms with van der Waals surface area (Å²) in [4.78, 5) is 9.25. The van der Waals surface area contributed by atoms with E-state index < -0.39 is 10.0 Å². The van der Waals surface area contributed by atoms with Gasteiger partial charge >= 0.3 is 0 Å². The van der Waals surface area contributed by atoms with E-state index in [1.807, 2.05) is 53.9 Å². The van der Waals surface area contributed by atoms with E-state index in [2.05, 4.69) is 9.97 Å². The highest BCUT2D eigenvalue weighted by Crippen LogP contribution is 2.32. The number of sulfonamides is 1. The van der Waals surface area contributed by atoms with E-state index in [9.17, 15) is 8.42 Å². The molecule has 0 radical (unpaired) electrons. The Morgan fingerprint density at radius 2 is 1.58 bits per heavy atom. The highest BCUT2D eigenvalue weighted by molar-refractivity contribution is 7.89. The fourth-order valence-electron chi connectivity index (χ4n) is 2.89. The summed E-state index contributed by atoms with van der Waals surface area (Å²) in [6, 6.07) is 18.2. The number of nitrogens with zero attached hydrogens (tertiary/aromatic N) is 3. The van der Waals surface area contributed by atoms with Gasteiger partial charge in [0, 0.05) is 23.0 Å². The first kappa shape index (κ1) is 16.4. The van der Waals surface area contributed by atoms with Crippen LogP contribution < -0.4 is 5.14 Å². The van der Waals surface area contributed by atoms with Gasteiger partial charge in [-0.15, -0.1) is 0 Å². The second kappa shape index (κ2) is 6.05. The van der Waals surface area contributed by atoms with Crippen molar-refractivity contribution >= 4 is 15.8 Å². The smallest absolute Gasteiger partial charge is 0.238 e. The third kappa shape index (κ3) is 2.87. The third-order valence-corrected chi connectivity index (χ3v) is 5.07. The Balaban J connectivity index is 1.97. The van der Waals surface area contributed by atoms with Crippen LogP contribution in [0.25, 0.3) is 28.3 Å². The van der Waals surface area contributed by atoms with Gasteiger partial charge in [-0.2, -0.15) is 0 Å². The summed E-state index contributed by atoms with van der Waals surface area (Å²) >= 11 is 0. The molecule has 0 aliphatic carbocycles. The molecule has 4 aromatic rings. The second-order valence-corrected chi connectivity index (χ2v) is 7.54. The normalized spacial score (nSPS) is 11.8. The molecule has 7 heteroatoms. The fraction of sp³-hybridized carbons (Fsp3) is 0.0526. The van der Waals surface area contributed by atoms with Crippen molar-refractivity contribution in [2.24, 2.45) is 5.14 Å². The van der Waals surface area contributed by atoms with E-state index in [0.29, 0.717) is 5.78 Å². The zero-order chi connectivity index (χ0) is 18.3. The lowest BCUT2D eigenvalue weighted by Gasteiger charge is -2.06. The topological polar surface area (TPSA) is 90.3 Å². The minimum absolute atomic E-state index is 0.0697. The first-order valence-corrected chi connectivity index (χ1v) is 9.52. The predicted molar refractivity (Wildman–Crippen MR) is 100.0 cm³/mol. The van der Waals surface area contributed by atoms with Crippen LogP contribution in [-0.4, -0.2) is 22.8 Å². The number of aromatic nitrogens is 3. The number of hydrogen-bond acceptors (Lipinski definition) is 4. The molecule has 0 amide bonds. The molecule has 0 bridgehead atoms. The highest BCUT2D eigenvalue weighted by Gasteiger charge is 2.17. The van der Waals surface area contributed by atoms with Crippen LogP contribution in [0.2, 0.25) is 0 Å². The van der Waals surface area contributed by atoms with Crippen molar-refractivity contribution in [3.63, 3.8) is 0 Å². The number of aryl methyl sites for hydroxylation is 1. The van der Waals surface area contributed by atoms with Gasteiger partial charge in [-0.05, 0) is 25.1 Å². The Kier molecular flexibility index (Phi) is 3.82. The molecule has 0 unspecified atom stereocenters. The van der Waals surface area contributed by atoms with Crippen molar-refractivity contribution < 1.29 is 8.42 Å². The van der Waals surface area contributed by atoms with Crippen LogP contribution in [-0.2, 0) is 10.0 Å². The highest BCUT2D eigenvalue weighted by atomic mass is 32.2. The monoisotopic (exact) mass is 364 g/mol. The number of imidazole rings is 1. The van der Waals surface area contributed by atoms with Crippen LogP contribution >= 0.6 is 0 Å². The lowest BCUT2D eigenvalue weighted by atomic mass is 10.1. The maximum atomic E-state index is 11.5. The van der Waals surface area contributed by atoms with Crippen molar-refractivity contribution in [3.8, 4) is 22.5 Å². The maximum Gasteiger partial charge on any atom is 0.238 e. The summed E-state index contributed by atoms with van der Waals surface area (Å²) in [5, 5.41) is 5.19. The molecule has 2 N–H and O–H groups in total. The Morgan fingerprint density at radius 1 is 0.885 bits per heavy atom. The van der Waals surface area contributed by atoms with Crippen LogP contribution in [0, 0.1) is 6.92 Å². The SMILES string of the molecule is Cc1ccn2c(-c3ccccc3)c(-c3ccc(S(N)(=O)=O)cc3)nc2n1. The molecule has 130 valence electrons. The van der Waals surface area contributed by atoms with Crippen molar-refractivity contribution in [1.82, 2.24) is 14.4 Å². The molecule has 2 aromatic carbocycles. The number of nitrogens with two attached hydrogens (primary N) is 1. The summed E-state index contributed by atoms with van der Waals surface area (Å²) < 4.78 is 24.9. The average Bonchev–Trinajstić information content (AvgIpc) is 3.00. The molecule has 0 fully saturated rings. The minimum Gasteiger partial charge on any atom is -0.283 e. The molecular formula is C19H16N4O2S. The van der Waals surface area contributed by atoms with Crippen molar-refractivity contribution in [3.05, 3.63) is 72.6 Å². The van der Waals surface area contributed by atoms with E-state index in [0.717, 1.165) is 28.2 Å². The van der Waals surface area contributed by atoms with Crippen LogP contribution in [0.4, 0.5) is 0 Å². The summed E-state index contributed by atoms with van der Waals surface area (Å²) in [5.74, 6) is 0.592. The number of rotatable bonds is 3. The molecule has 26 heavy (non-hydrogen) atoms. The molecule has 0 atom stereocenters. The van der Waals surface area contributed by atoms with Gasteiger partial charge in [0.15, 0.2) is 0 Å². The molecule has 6 nitrogen and oxygen atoms in total. The number of benzene rings is 2. The first-order chi connectivity index (χ1) is 12.4. The van der Waals surface area contributed by atoms with Crippen molar-refractivity contribution in [2.75, 3.05) is 0 Å². The van der Waals surface area contributed by atoms with Gasteiger partial charge in [0.1, 0.15) is 0 Å². The Hall–Kier alpha value is -3.03. The molecule has 0 saturated carbocycles. The van der Waals surface area contributed by atoms with Gasteiger partial charge in [0.25, 0.3) is 0 Å². The molecular weight excluding hydrogens is 348 g/mol. The number of fused-ring (bicyclic) bond motifs is 1. The lowest BCUT2D eigenvalue weighted by Crippen LogP contribution is -2.11. The summed E-state index contributed by atoms with van der Waals surface area (Å²) in [7, 11) is -3.73. The molecule has 0 saturated heterocycles. The minimum atomic E-state index is -3.73. The zero-order valence-corrected chi connectivity index (χ0v) is 14.8. The van der Waals surface area contributed by atoms with E-state index in [1.54, 1.807) is 12.1 Å². The first-order valence-electron chi connectivity index (χ1n) is 7.98. The van der Waals surface area contributed by atoms with E-state index in [4.69, 9.17) is 5.14 Å². The molecule has 2 aromatic heterocycles. The van der Waals surface area contributed by atoms with Gasteiger partial charge in [-0.25, -0.2) is 23.5 Å². The molecule has 0 aliphatic rings. The molecule has 0 aliphatic heterocycles. The largest absolute Gasteiger partial charge is 0.283 e. The van der Waals surface area contributed by atoms with E-state index in [1.165, 1.54) is 12.1 Å². The molecule has 4 rings (SSSR count). The zero-order valence-electron chi connectivity index (χ0n) is 14.0. The Labute approximate surface area is 151 Å². The van der Waals surface area contributed by atoms with E-state index in [-0.39, 0.29) is 4.90 Å². The van der Waals surface area contributed by atoms with Crippen molar-refractivity contribution in [2.45, 2.75) is 11.8 Å². The summed E-state index contributed by atoms with van der Waals surface area (Å²) in [6.07, 6.45) is 1.94. The number of hydrogen-bond donors (Lipinski definition) is 1. The maximum absolute atomic E-state index is 11.5. The summed E-state index contributed by atoms with van der Waals surface area (Å²) in [6.45, 7) is 1.91. The Morgan fingerprint density at radius 3 is 2.23 bits per heavy atom. The quantitative estimate of drug-likeness (QED) is 0.605. The van der Waals surface area contributed by atoms with Gasteiger partial charge in [0.05, 0.1) is 16.3 Å². The number of primary sulfonamides is 1.